The number of benzene rings is 9. The van der Waals surface area contributed by atoms with Gasteiger partial charge in [-0.1, -0.05) is 158 Å². The Hall–Kier alpha value is -7.03. The molecule has 0 bridgehead atoms. The van der Waals surface area contributed by atoms with Crippen LogP contribution in [0.4, 0.5) is 17.1 Å². The van der Waals surface area contributed by atoms with Crippen LogP contribution in [-0.4, -0.2) is 4.98 Å². The van der Waals surface area contributed by atoms with E-state index >= 15 is 0 Å². The minimum absolute atomic E-state index is 1.02. The van der Waals surface area contributed by atoms with Crippen molar-refractivity contribution in [2.45, 2.75) is 0 Å². The normalized spacial score (nSPS) is 11.8. The van der Waals surface area contributed by atoms with Crippen molar-refractivity contribution in [1.29, 1.82) is 0 Å². The molecule has 0 spiro atoms. The molecule has 0 N–H and O–H groups in total. The van der Waals surface area contributed by atoms with E-state index in [1.165, 1.54) is 87.6 Å². The zero-order valence-electron chi connectivity index (χ0n) is 28.9. The van der Waals surface area contributed by atoms with Crippen molar-refractivity contribution in [2.24, 2.45) is 0 Å². The van der Waals surface area contributed by atoms with Crippen molar-refractivity contribution in [3.63, 3.8) is 0 Å². The number of aromatic nitrogens is 1. The maximum absolute atomic E-state index is 4.64. The maximum Gasteiger partial charge on any atom is 0.0645 e. The summed E-state index contributed by atoms with van der Waals surface area (Å²) in [5, 5.41) is 9.91. The van der Waals surface area contributed by atoms with Crippen LogP contribution in [0.1, 0.15) is 0 Å². The fraction of sp³-hybridized carbons (Fsp3) is 0. The fourth-order valence-corrected chi connectivity index (χ4v) is 8.90. The Morgan fingerprint density at radius 1 is 0.358 bits per heavy atom. The van der Waals surface area contributed by atoms with Crippen molar-refractivity contribution >= 4 is 60.2 Å². The summed E-state index contributed by atoms with van der Waals surface area (Å²) in [6, 6.07) is 66.4. The third-order valence-corrected chi connectivity index (χ3v) is 11.0. The van der Waals surface area contributed by atoms with E-state index in [1.54, 1.807) is 0 Å². The van der Waals surface area contributed by atoms with Crippen LogP contribution < -0.4 is 4.90 Å². The molecule has 0 atom stereocenters. The van der Waals surface area contributed by atoms with Gasteiger partial charge in [0.05, 0.1) is 23.3 Å². The molecule has 10 aromatic rings. The lowest BCUT2D eigenvalue weighted by molar-refractivity contribution is 1.25. The monoisotopic (exact) mass is 672 g/mol. The quantitative estimate of drug-likeness (QED) is 0.169. The van der Waals surface area contributed by atoms with Gasteiger partial charge in [0.2, 0.25) is 0 Å². The number of rotatable bonds is 5. The summed E-state index contributed by atoms with van der Waals surface area (Å²) in [5.74, 6) is 0. The second-order valence-corrected chi connectivity index (χ2v) is 13.8. The van der Waals surface area contributed by atoms with E-state index in [1.807, 2.05) is 18.5 Å². The van der Waals surface area contributed by atoms with Gasteiger partial charge in [0.1, 0.15) is 0 Å². The number of pyridine rings is 1. The molecule has 0 amide bonds. The highest BCUT2D eigenvalue weighted by Gasteiger charge is 2.32. The molecule has 11 rings (SSSR count). The number of hydrogen-bond acceptors (Lipinski definition) is 2. The third-order valence-electron chi connectivity index (χ3n) is 11.0. The molecule has 1 aliphatic carbocycles. The van der Waals surface area contributed by atoms with Crippen molar-refractivity contribution in [3.05, 3.63) is 194 Å². The molecule has 9 aromatic carbocycles. The van der Waals surface area contributed by atoms with E-state index in [2.05, 4.69) is 186 Å². The molecule has 1 aliphatic rings. The second-order valence-electron chi connectivity index (χ2n) is 13.8. The van der Waals surface area contributed by atoms with E-state index in [-0.39, 0.29) is 0 Å². The van der Waals surface area contributed by atoms with E-state index in [0.29, 0.717) is 0 Å². The van der Waals surface area contributed by atoms with Gasteiger partial charge in [0.25, 0.3) is 0 Å². The Morgan fingerprint density at radius 3 is 1.58 bits per heavy atom. The van der Waals surface area contributed by atoms with Gasteiger partial charge < -0.3 is 4.90 Å². The lowest BCUT2D eigenvalue weighted by Gasteiger charge is -2.28. The number of hydrogen-bond donors (Lipinski definition) is 0. The first-order chi connectivity index (χ1) is 26.3. The summed E-state index contributed by atoms with van der Waals surface area (Å²) < 4.78 is 0. The minimum Gasteiger partial charge on any atom is -0.308 e. The fourth-order valence-electron chi connectivity index (χ4n) is 8.90. The average molecular weight is 673 g/mol. The van der Waals surface area contributed by atoms with Crippen LogP contribution in [0.15, 0.2) is 194 Å². The Labute approximate surface area is 307 Å². The van der Waals surface area contributed by atoms with Gasteiger partial charge in [-0.05, 0) is 101 Å². The molecule has 0 saturated carbocycles. The lowest BCUT2D eigenvalue weighted by Crippen LogP contribution is -2.11. The zero-order valence-corrected chi connectivity index (χ0v) is 28.9. The summed E-state index contributed by atoms with van der Waals surface area (Å²) >= 11 is 0. The second kappa shape index (κ2) is 11.8. The van der Waals surface area contributed by atoms with Gasteiger partial charge in [-0.3, -0.25) is 4.98 Å². The van der Waals surface area contributed by atoms with Crippen molar-refractivity contribution < 1.29 is 0 Å². The molecule has 2 heteroatoms. The van der Waals surface area contributed by atoms with Crippen LogP contribution >= 0.6 is 0 Å². The maximum atomic E-state index is 4.64. The van der Waals surface area contributed by atoms with Crippen molar-refractivity contribution in [3.8, 4) is 44.5 Å². The largest absolute Gasteiger partial charge is 0.308 e. The molecule has 0 radical (unpaired) electrons. The average Bonchev–Trinajstić information content (AvgIpc) is 3.56. The molecule has 0 unspecified atom stereocenters. The summed E-state index contributed by atoms with van der Waals surface area (Å²) in [6.07, 6.45) is 3.83. The highest BCUT2D eigenvalue weighted by atomic mass is 15.1. The topological polar surface area (TPSA) is 16.1 Å². The lowest BCUT2D eigenvalue weighted by atomic mass is 9.82. The minimum atomic E-state index is 1.02. The van der Waals surface area contributed by atoms with Gasteiger partial charge in [-0.15, -0.1) is 0 Å². The Kier molecular flexibility index (Phi) is 6.59. The van der Waals surface area contributed by atoms with Crippen LogP contribution in [0.25, 0.3) is 87.6 Å². The van der Waals surface area contributed by atoms with Gasteiger partial charge in [0.15, 0.2) is 0 Å². The first-order valence-electron chi connectivity index (χ1n) is 18.2. The molecular weight excluding hydrogens is 641 g/mol. The van der Waals surface area contributed by atoms with Crippen LogP contribution in [0, 0.1) is 0 Å². The predicted molar refractivity (Wildman–Crippen MR) is 224 cm³/mol. The number of anilines is 3. The summed E-state index contributed by atoms with van der Waals surface area (Å²) in [5.41, 5.74) is 13.4. The van der Waals surface area contributed by atoms with E-state index in [4.69, 9.17) is 0 Å². The van der Waals surface area contributed by atoms with Gasteiger partial charge in [0, 0.05) is 17.0 Å². The number of fused-ring (bicyclic) bond motifs is 7. The van der Waals surface area contributed by atoms with Gasteiger partial charge in [-0.2, -0.15) is 0 Å². The first-order valence-corrected chi connectivity index (χ1v) is 18.2. The van der Waals surface area contributed by atoms with Crippen LogP contribution in [-0.2, 0) is 0 Å². The highest BCUT2D eigenvalue weighted by Crippen LogP contribution is 2.59. The standard InChI is InChI=1S/C51H32N2/c1-3-15-33(16-4-1)47-40-24-11-12-25-41(40)48(34-17-5-2-6-18-34)51-44-28-29-45(42-26-13-27-43(49(42)44)50(47)51)53(36-20-14-30-52-32-36)46-31-35-19-7-8-21-37(35)38-22-9-10-23-39(38)46/h1-32H. The predicted octanol–water partition coefficient (Wildman–Crippen LogP) is 14.1. The summed E-state index contributed by atoms with van der Waals surface area (Å²) in [6.45, 7) is 0. The van der Waals surface area contributed by atoms with Gasteiger partial charge >= 0.3 is 0 Å². The van der Waals surface area contributed by atoms with Crippen molar-refractivity contribution in [1.82, 2.24) is 4.98 Å². The first kappa shape index (κ1) is 29.7. The molecule has 0 aliphatic heterocycles. The zero-order chi connectivity index (χ0) is 34.9. The molecule has 53 heavy (non-hydrogen) atoms. The van der Waals surface area contributed by atoms with Crippen LogP contribution in [0.5, 0.6) is 0 Å². The van der Waals surface area contributed by atoms with Crippen molar-refractivity contribution in [2.75, 3.05) is 4.90 Å². The molecule has 0 saturated heterocycles. The van der Waals surface area contributed by atoms with E-state index in [9.17, 15) is 0 Å². The smallest absolute Gasteiger partial charge is 0.0645 e. The van der Waals surface area contributed by atoms with E-state index < -0.39 is 0 Å². The molecular formula is C51H32N2. The van der Waals surface area contributed by atoms with Crippen LogP contribution in [0.3, 0.4) is 0 Å². The molecule has 246 valence electrons. The van der Waals surface area contributed by atoms with Gasteiger partial charge in [-0.25, -0.2) is 0 Å². The third kappa shape index (κ3) is 4.43. The Balaban J connectivity index is 1.27. The summed E-state index contributed by atoms with van der Waals surface area (Å²) in [7, 11) is 0. The molecule has 2 nitrogen and oxygen atoms in total. The highest BCUT2D eigenvalue weighted by molar-refractivity contribution is 6.29. The molecule has 0 fully saturated rings. The molecule has 1 heterocycles. The number of nitrogens with zero attached hydrogens (tertiary/aromatic N) is 2. The Morgan fingerprint density at radius 2 is 0.925 bits per heavy atom. The Bertz CT molecular complexity index is 2950. The SMILES string of the molecule is c1ccc(-c2c3c(c(-c4ccccc4)c4ccccc24)-c2ccc(N(c4cccnc4)c4cc5ccccc5c5ccccc45)c4cccc-3c24)cc1. The van der Waals surface area contributed by atoms with Crippen LogP contribution in [0.2, 0.25) is 0 Å². The molecule has 1 aromatic heterocycles. The summed E-state index contributed by atoms with van der Waals surface area (Å²) in [4.78, 5) is 7.06. The van der Waals surface area contributed by atoms with E-state index in [0.717, 1.165) is 17.1 Å².